The van der Waals surface area contributed by atoms with Crippen LogP contribution in [0.2, 0.25) is 0 Å². The average molecular weight is 306 g/mol. The summed E-state index contributed by atoms with van der Waals surface area (Å²) in [4.78, 5) is 8.67. The molecule has 1 heterocycles. The summed E-state index contributed by atoms with van der Waals surface area (Å²) in [6.45, 7) is 1.06. The van der Waals surface area contributed by atoms with Gasteiger partial charge in [-0.3, -0.25) is 9.97 Å². The van der Waals surface area contributed by atoms with Crippen LogP contribution in [-0.4, -0.2) is 16.5 Å². The Balaban J connectivity index is 1.81. The first-order valence-corrected chi connectivity index (χ1v) is 7.27. The SMILES string of the molecule is Brc1c(NCC2CCCC2)ccc2nccnc12. The van der Waals surface area contributed by atoms with Crippen molar-refractivity contribution >= 4 is 32.7 Å². The predicted octanol–water partition coefficient (Wildman–Crippen LogP) is 3.99. The number of fused-ring (bicyclic) bond motifs is 1. The third-order valence-electron chi connectivity index (χ3n) is 3.63. The highest BCUT2D eigenvalue weighted by atomic mass is 79.9. The highest BCUT2D eigenvalue weighted by molar-refractivity contribution is 9.10. The Morgan fingerprint density at radius 3 is 2.78 bits per heavy atom. The molecular weight excluding hydrogens is 290 g/mol. The molecular formula is C14H16BrN3. The molecule has 0 unspecified atom stereocenters. The molecule has 1 N–H and O–H groups in total. The van der Waals surface area contributed by atoms with E-state index in [0.29, 0.717) is 0 Å². The number of nitrogens with zero attached hydrogens (tertiary/aromatic N) is 2. The fourth-order valence-electron chi connectivity index (χ4n) is 2.61. The Morgan fingerprint density at radius 2 is 1.94 bits per heavy atom. The maximum Gasteiger partial charge on any atom is 0.105 e. The molecule has 18 heavy (non-hydrogen) atoms. The Hall–Kier alpha value is -1.16. The molecule has 3 nitrogen and oxygen atoms in total. The molecule has 0 saturated heterocycles. The van der Waals surface area contributed by atoms with Crippen LogP contribution in [0.4, 0.5) is 5.69 Å². The van der Waals surface area contributed by atoms with Crippen molar-refractivity contribution in [3.05, 3.63) is 29.0 Å². The van der Waals surface area contributed by atoms with Gasteiger partial charge in [-0.2, -0.15) is 0 Å². The number of rotatable bonds is 3. The first kappa shape index (κ1) is 11.9. The lowest BCUT2D eigenvalue weighted by Gasteiger charge is -2.13. The van der Waals surface area contributed by atoms with Gasteiger partial charge < -0.3 is 5.32 Å². The van der Waals surface area contributed by atoms with Crippen molar-refractivity contribution in [1.29, 1.82) is 0 Å². The summed E-state index contributed by atoms with van der Waals surface area (Å²) in [5, 5.41) is 3.53. The Labute approximate surface area is 115 Å². The second kappa shape index (κ2) is 5.22. The molecule has 0 spiro atoms. The zero-order valence-corrected chi connectivity index (χ0v) is 11.8. The molecule has 1 aromatic carbocycles. The molecule has 0 amide bonds. The molecule has 3 rings (SSSR count). The van der Waals surface area contributed by atoms with Gasteiger partial charge in [-0.1, -0.05) is 12.8 Å². The van der Waals surface area contributed by atoms with Gasteiger partial charge in [-0.05, 0) is 46.8 Å². The Morgan fingerprint density at radius 1 is 1.17 bits per heavy atom. The van der Waals surface area contributed by atoms with E-state index >= 15 is 0 Å². The van der Waals surface area contributed by atoms with Crippen LogP contribution < -0.4 is 5.32 Å². The van der Waals surface area contributed by atoms with E-state index < -0.39 is 0 Å². The van der Waals surface area contributed by atoms with Crippen molar-refractivity contribution in [3.8, 4) is 0 Å². The monoisotopic (exact) mass is 305 g/mol. The Kier molecular flexibility index (Phi) is 3.46. The molecule has 2 aromatic rings. The van der Waals surface area contributed by atoms with E-state index in [0.717, 1.165) is 33.7 Å². The number of halogens is 1. The third kappa shape index (κ3) is 2.34. The number of aromatic nitrogens is 2. The van der Waals surface area contributed by atoms with Gasteiger partial charge in [0.15, 0.2) is 0 Å². The van der Waals surface area contributed by atoms with Gasteiger partial charge in [0.05, 0.1) is 15.7 Å². The summed E-state index contributed by atoms with van der Waals surface area (Å²) in [7, 11) is 0. The van der Waals surface area contributed by atoms with Crippen LogP contribution in [0.25, 0.3) is 11.0 Å². The van der Waals surface area contributed by atoms with E-state index in [2.05, 4.69) is 37.3 Å². The van der Waals surface area contributed by atoms with Gasteiger partial charge in [0.25, 0.3) is 0 Å². The molecule has 1 saturated carbocycles. The molecule has 0 aliphatic heterocycles. The van der Waals surface area contributed by atoms with Crippen molar-refractivity contribution in [3.63, 3.8) is 0 Å². The van der Waals surface area contributed by atoms with Crippen LogP contribution in [-0.2, 0) is 0 Å². The van der Waals surface area contributed by atoms with Crippen molar-refractivity contribution in [2.75, 3.05) is 11.9 Å². The minimum atomic E-state index is 0.828. The maximum atomic E-state index is 4.37. The average Bonchev–Trinajstić information content (AvgIpc) is 2.91. The van der Waals surface area contributed by atoms with Gasteiger partial charge in [0.1, 0.15) is 5.52 Å². The van der Waals surface area contributed by atoms with Crippen molar-refractivity contribution in [2.45, 2.75) is 25.7 Å². The summed E-state index contributed by atoms with van der Waals surface area (Å²) in [6.07, 6.45) is 8.94. The standard InChI is InChI=1S/C14H16BrN3/c15-13-11(18-9-10-3-1-2-4-10)5-6-12-14(13)17-8-7-16-12/h5-8,10,18H,1-4,9H2. The molecule has 0 bridgehead atoms. The van der Waals surface area contributed by atoms with E-state index in [1.807, 2.05) is 6.07 Å². The second-order valence-electron chi connectivity index (χ2n) is 4.88. The van der Waals surface area contributed by atoms with Gasteiger partial charge in [-0.25, -0.2) is 0 Å². The first-order chi connectivity index (χ1) is 8.84. The molecule has 1 aliphatic rings. The number of hydrogen-bond acceptors (Lipinski definition) is 3. The molecule has 94 valence electrons. The van der Waals surface area contributed by atoms with Gasteiger partial charge in [0.2, 0.25) is 0 Å². The quantitative estimate of drug-likeness (QED) is 0.931. The maximum absolute atomic E-state index is 4.37. The fraction of sp³-hybridized carbons (Fsp3) is 0.429. The first-order valence-electron chi connectivity index (χ1n) is 6.47. The lowest BCUT2D eigenvalue weighted by molar-refractivity contribution is 0.580. The van der Waals surface area contributed by atoms with Gasteiger partial charge >= 0.3 is 0 Å². The van der Waals surface area contributed by atoms with E-state index in [1.165, 1.54) is 25.7 Å². The lowest BCUT2D eigenvalue weighted by Crippen LogP contribution is -2.11. The smallest absolute Gasteiger partial charge is 0.105 e. The zero-order valence-electron chi connectivity index (χ0n) is 10.2. The third-order valence-corrected chi connectivity index (χ3v) is 4.44. The number of benzene rings is 1. The predicted molar refractivity (Wildman–Crippen MR) is 77.7 cm³/mol. The topological polar surface area (TPSA) is 37.8 Å². The minimum absolute atomic E-state index is 0.828. The summed E-state index contributed by atoms with van der Waals surface area (Å²) in [6, 6.07) is 4.10. The molecule has 4 heteroatoms. The van der Waals surface area contributed by atoms with Crippen LogP contribution in [0, 0.1) is 5.92 Å². The van der Waals surface area contributed by atoms with Crippen LogP contribution in [0.5, 0.6) is 0 Å². The highest BCUT2D eigenvalue weighted by Gasteiger charge is 2.15. The fourth-order valence-corrected chi connectivity index (χ4v) is 3.19. The molecule has 1 aliphatic carbocycles. The zero-order chi connectivity index (χ0) is 12.4. The van der Waals surface area contributed by atoms with E-state index in [1.54, 1.807) is 12.4 Å². The lowest BCUT2D eigenvalue weighted by atomic mass is 10.1. The highest BCUT2D eigenvalue weighted by Crippen LogP contribution is 2.30. The van der Waals surface area contributed by atoms with E-state index in [4.69, 9.17) is 0 Å². The minimum Gasteiger partial charge on any atom is -0.384 e. The van der Waals surface area contributed by atoms with Gasteiger partial charge in [0, 0.05) is 18.9 Å². The van der Waals surface area contributed by atoms with Crippen LogP contribution in [0.1, 0.15) is 25.7 Å². The molecule has 1 aromatic heterocycles. The van der Waals surface area contributed by atoms with Crippen LogP contribution in [0.3, 0.4) is 0 Å². The van der Waals surface area contributed by atoms with E-state index in [9.17, 15) is 0 Å². The molecule has 0 radical (unpaired) electrons. The molecule has 1 fully saturated rings. The number of hydrogen-bond donors (Lipinski definition) is 1. The normalized spacial score (nSPS) is 16.3. The van der Waals surface area contributed by atoms with Crippen molar-refractivity contribution in [1.82, 2.24) is 9.97 Å². The summed E-state index contributed by atoms with van der Waals surface area (Å²) < 4.78 is 1.02. The number of nitrogens with one attached hydrogen (secondary N) is 1. The van der Waals surface area contributed by atoms with E-state index in [-0.39, 0.29) is 0 Å². The summed E-state index contributed by atoms with van der Waals surface area (Å²) in [5.41, 5.74) is 2.97. The van der Waals surface area contributed by atoms with Crippen LogP contribution >= 0.6 is 15.9 Å². The van der Waals surface area contributed by atoms with Crippen molar-refractivity contribution < 1.29 is 0 Å². The van der Waals surface area contributed by atoms with Crippen LogP contribution in [0.15, 0.2) is 29.0 Å². The summed E-state index contributed by atoms with van der Waals surface area (Å²) in [5.74, 6) is 0.828. The largest absolute Gasteiger partial charge is 0.384 e. The molecule has 0 atom stereocenters. The second-order valence-corrected chi connectivity index (χ2v) is 5.68. The Bertz CT molecular complexity index is 550. The van der Waals surface area contributed by atoms with Crippen molar-refractivity contribution in [2.24, 2.45) is 5.92 Å². The number of anilines is 1. The van der Waals surface area contributed by atoms with Gasteiger partial charge in [-0.15, -0.1) is 0 Å². The summed E-state index contributed by atoms with van der Waals surface area (Å²) >= 11 is 3.63.